The number of thiol groups is 1. The molecule has 0 fully saturated rings. The summed E-state index contributed by atoms with van der Waals surface area (Å²) in [5, 5.41) is 8.78. The van der Waals surface area contributed by atoms with E-state index in [0.29, 0.717) is 0 Å². The lowest BCUT2D eigenvalue weighted by atomic mass is 10.4. The maximum atomic E-state index is 11.5. The van der Waals surface area contributed by atoms with E-state index < -0.39 is 9.93 Å². The van der Waals surface area contributed by atoms with Crippen molar-refractivity contribution < 1.29 is 9.32 Å². The Kier molecular flexibility index (Phi) is 2.42. The van der Waals surface area contributed by atoms with Crippen molar-refractivity contribution >= 4 is 9.93 Å². The summed E-state index contributed by atoms with van der Waals surface area (Å²) in [5.41, 5.74) is 0. The van der Waals surface area contributed by atoms with Crippen LogP contribution in [0.2, 0.25) is 0 Å². The van der Waals surface area contributed by atoms with Crippen molar-refractivity contribution in [3.8, 4) is 0 Å². The van der Waals surface area contributed by atoms with E-state index in [9.17, 15) is 4.21 Å². The molecule has 0 aromatic heterocycles. The number of aliphatic hydroxyl groups is 1. The number of hydrogen-bond acceptors (Lipinski definition) is 2. The molecule has 0 aliphatic heterocycles. The highest BCUT2D eigenvalue weighted by Crippen LogP contribution is 2.13. The van der Waals surface area contributed by atoms with Crippen LogP contribution in [0.3, 0.4) is 0 Å². The number of benzene rings is 1. The number of rotatable bonds is 2. The Labute approximate surface area is 67.3 Å². The zero-order valence-electron chi connectivity index (χ0n) is 6.40. The topological polar surface area (TPSA) is 37.3 Å². The van der Waals surface area contributed by atoms with E-state index in [0.717, 1.165) is 4.90 Å². The fourth-order valence-corrected chi connectivity index (χ4v) is 1.79. The average molecular weight is 172 g/mol. The number of aliphatic hydroxyl groups excluding tert-OH is 1. The molecule has 0 saturated heterocycles. The van der Waals surface area contributed by atoms with Crippen molar-refractivity contribution in [2.24, 2.45) is 0 Å². The van der Waals surface area contributed by atoms with Crippen molar-refractivity contribution in [3.05, 3.63) is 30.3 Å². The average Bonchev–Trinajstić information content (AvgIpc) is 2.06. The molecule has 0 aliphatic rings. The fourth-order valence-electron chi connectivity index (χ4n) is 0.825. The van der Waals surface area contributed by atoms with Crippen LogP contribution in [-0.4, -0.2) is 21.5 Å². The molecule has 0 heterocycles. The molecule has 0 unspecified atom stereocenters. The van der Waals surface area contributed by atoms with Crippen LogP contribution in [0.5, 0.6) is 0 Å². The molecule has 0 radical (unpaired) electrons. The molecule has 3 heteroatoms. The van der Waals surface area contributed by atoms with Gasteiger partial charge in [-0.15, -0.1) is 0 Å². The van der Waals surface area contributed by atoms with Gasteiger partial charge >= 0.3 is 0 Å². The van der Waals surface area contributed by atoms with Crippen LogP contribution in [0, 0.1) is 0 Å². The largest absolute Gasteiger partial charge is 0.385 e. The van der Waals surface area contributed by atoms with Crippen molar-refractivity contribution in [2.45, 2.75) is 4.90 Å². The van der Waals surface area contributed by atoms with Crippen molar-refractivity contribution in [1.82, 2.24) is 0 Å². The summed E-state index contributed by atoms with van der Waals surface area (Å²) >= 11 is 0. The summed E-state index contributed by atoms with van der Waals surface area (Å²) in [4.78, 5) is 0.738. The maximum Gasteiger partial charge on any atom is 0.0996 e. The van der Waals surface area contributed by atoms with Gasteiger partial charge in [0.25, 0.3) is 0 Å². The first-order chi connectivity index (χ1) is 5.17. The molecule has 2 nitrogen and oxygen atoms in total. The summed E-state index contributed by atoms with van der Waals surface area (Å²) in [7, 11) is -2.47. The van der Waals surface area contributed by atoms with Crippen LogP contribution in [0.15, 0.2) is 35.2 Å². The summed E-state index contributed by atoms with van der Waals surface area (Å²) in [6.07, 6.45) is 1.59. The van der Waals surface area contributed by atoms with Gasteiger partial charge in [-0.05, 0) is 18.4 Å². The van der Waals surface area contributed by atoms with Crippen molar-refractivity contribution in [3.63, 3.8) is 0 Å². The van der Waals surface area contributed by atoms with Crippen LogP contribution in [0.4, 0.5) is 0 Å². The van der Waals surface area contributed by atoms with E-state index in [-0.39, 0.29) is 5.94 Å². The first-order valence-electron chi connectivity index (χ1n) is 3.40. The Balaban J connectivity index is 3.03. The van der Waals surface area contributed by atoms with Gasteiger partial charge in [-0.1, -0.05) is 28.1 Å². The molecule has 62 valence electrons. The van der Waals surface area contributed by atoms with Gasteiger partial charge in [0, 0.05) is 4.90 Å². The normalized spacial score (nSPS) is 12.9. The first kappa shape index (κ1) is 8.43. The Morgan fingerprint density at radius 3 is 2.36 bits per heavy atom. The van der Waals surface area contributed by atoms with Gasteiger partial charge in [-0.3, -0.25) is 4.21 Å². The Bertz CT molecular complexity index is 269. The molecule has 1 aromatic rings. The SMILES string of the molecule is C[SH](=O)(CO)c1ccccc1. The predicted octanol–water partition coefficient (Wildman–Crippen LogP) is 0.642. The molecule has 0 saturated carbocycles. The van der Waals surface area contributed by atoms with E-state index >= 15 is 0 Å². The minimum atomic E-state index is -2.47. The molecular formula is C8H12O2S. The van der Waals surface area contributed by atoms with Gasteiger partial charge in [0.15, 0.2) is 0 Å². The zero-order chi connectivity index (χ0) is 8.32. The van der Waals surface area contributed by atoms with Crippen molar-refractivity contribution in [1.29, 1.82) is 0 Å². The first-order valence-corrected chi connectivity index (χ1v) is 5.74. The van der Waals surface area contributed by atoms with E-state index in [2.05, 4.69) is 0 Å². The predicted molar refractivity (Wildman–Crippen MR) is 47.3 cm³/mol. The van der Waals surface area contributed by atoms with Gasteiger partial charge < -0.3 is 5.11 Å². The van der Waals surface area contributed by atoms with Crippen LogP contribution in [-0.2, 0) is 9.93 Å². The lowest BCUT2D eigenvalue weighted by Crippen LogP contribution is -2.13. The van der Waals surface area contributed by atoms with Gasteiger partial charge in [0.2, 0.25) is 0 Å². The number of hydrogen-bond donors (Lipinski definition) is 2. The van der Waals surface area contributed by atoms with Crippen LogP contribution < -0.4 is 0 Å². The standard InChI is InChI=1S/C8H12O2S/c1-11(10,7-9)8-5-3-2-4-6-8/h2-6,9,11H,7H2,1H3. The Hall–Kier alpha value is -0.670. The molecule has 0 bridgehead atoms. The minimum absolute atomic E-state index is 0.253. The highest BCUT2D eigenvalue weighted by Gasteiger charge is 2.07. The molecule has 1 N–H and O–H groups in total. The lowest BCUT2D eigenvalue weighted by molar-refractivity contribution is 0.365. The molecule has 1 rings (SSSR count). The second-order valence-electron chi connectivity index (χ2n) is 2.58. The Morgan fingerprint density at radius 1 is 1.36 bits per heavy atom. The van der Waals surface area contributed by atoms with Gasteiger partial charge in [0.05, 0.1) is 5.94 Å². The van der Waals surface area contributed by atoms with E-state index in [1.165, 1.54) is 0 Å². The van der Waals surface area contributed by atoms with E-state index in [4.69, 9.17) is 5.11 Å². The summed E-state index contributed by atoms with van der Waals surface area (Å²) in [6.45, 7) is 0. The maximum absolute atomic E-state index is 11.5. The smallest absolute Gasteiger partial charge is 0.0996 e. The monoisotopic (exact) mass is 172 g/mol. The molecule has 0 amide bonds. The molecule has 1 aromatic carbocycles. The van der Waals surface area contributed by atoms with Crippen LogP contribution in [0.1, 0.15) is 0 Å². The van der Waals surface area contributed by atoms with Gasteiger partial charge in [-0.25, -0.2) is 0 Å². The molecule has 0 spiro atoms. The fraction of sp³-hybridized carbons (Fsp3) is 0.250. The molecule has 0 aliphatic carbocycles. The van der Waals surface area contributed by atoms with E-state index in [1.54, 1.807) is 18.4 Å². The second kappa shape index (κ2) is 3.15. The second-order valence-corrected chi connectivity index (χ2v) is 5.58. The highest BCUT2D eigenvalue weighted by molar-refractivity contribution is 8.02. The lowest BCUT2D eigenvalue weighted by Gasteiger charge is -2.14. The molecule has 11 heavy (non-hydrogen) atoms. The quantitative estimate of drug-likeness (QED) is 0.642. The van der Waals surface area contributed by atoms with E-state index in [1.807, 2.05) is 18.2 Å². The van der Waals surface area contributed by atoms with Crippen LogP contribution >= 0.6 is 0 Å². The third-order valence-corrected chi connectivity index (χ3v) is 3.50. The zero-order valence-corrected chi connectivity index (χ0v) is 7.29. The van der Waals surface area contributed by atoms with Gasteiger partial charge in [-0.2, -0.15) is 0 Å². The Morgan fingerprint density at radius 2 is 1.91 bits per heavy atom. The van der Waals surface area contributed by atoms with Crippen molar-refractivity contribution in [2.75, 3.05) is 12.2 Å². The summed E-state index contributed by atoms with van der Waals surface area (Å²) in [5.74, 6) is -0.253. The minimum Gasteiger partial charge on any atom is -0.385 e. The molecule has 0 atom stereocenters. The third kappa shape index (κ3) is 1.88. The molecular weight excluding hydrogens is 160 g/mol. The van der Waals surface area contributed by atoms with Crippen LogP contribution in [0.25, 0.3) is 0 Å². The third-order valence-electron chi connectivity index (χ3n) is 1.57. The van der Waals surface area contributed by atoms with Gasteiger partial charge in [0.1, 0.15) is 0 Å². The summed E-state index contributed by atoms with van der Waals surface area (Å²) < 4.78 is 11.5. The highest BCUT2D eigenvalue weighted by atomic mass is 32.2. The summed E-state index contributed by atoms with van der Waals surface area (Å²) in [6, 6.07) is 9.05.